The van der Waals surface area contributed by atoms with Gasteiger partial charge in [-0.1, -0.05) is 11.8 Å². The molecule has 0 saturated carbocycles. The topological polar surface area (TPSA) is 65.3 Å². The molecule has 2 aliphatic rings. The fourth-order valence-electron chi connectivity index (χ4n) is 2.00. The van der Waals surface area contributed by atoms with E-state index in [9.17, 15) is 19.0 Å². The summed E-state index contributed by atoms with van der Waals surface area (Å²) in [6.45, 7) is 0. The van der Waals surface area contributed by atoms with Gasteiger partial charge in [0.1, 0.15) is 23.7 Å². The highest BCUT2D eigenvalue weighted by molar-refractivity contribution is 8.14. The molecule has 0 radical (unpaired) electrons. The zero-order valence-electron chi connectivity index (χ0n) is 10.0. The standard InChI is InChI=1S/C10H16F2N2O3S/c1-14(2)10-13-6-8(16)7(15)4(3-5(11)12)17-9(6)18-10/h4-9,15-16H,3H2,1-2H3/t4?,6-,7-,8-,9-/m1/s1. The van der Waals surface area contributed by atoms with E-state index in [0.29, 0.717) is 5.17 Å². The minimum atomic E-state index is -2.57. The minimum Gasteiger partial charge on any atom is -0.388 e. The summed E-state index contributed by atoms with van der Waals surface area (Å²) in [5, 5.41) is 20.3. The van der Waals surface area contributed by atoms with Crippen LogP contribution in [-0.4, -0.2) is 70.6 Å². The van der Waals surface area contributed by atoms with Crippen LogP contribution in [0.2, 0.25) is 0 Å². The van der Waals surface area contributed by atoms with Gasteiger partial charge in [-0.2, -0.15) is 0 Å². The summed E-state index contributed by atoms with van der Waals surface area (Å²) in [4.78, 5) is 6.00. The average molecular weight is 282 g/mol. The molecule has 2 heterocycles. The van der Waals surface area contributed by atoms with Gasteiger partial charge >= 0.3 is 0 Å². The molecular weight excluding hydrogens is 266 g/mol. The molecule has 8 heteroatoms. The van der Waals surface area contributed by atoms with Gasteiger partial charge < -0.3 is 19.8 Å². The second kappa shape index (κ2) is 5.28. The highest BCUT2D eigenvalue weighted by atomic mass is 32.2. The largest absolute Gasteiger partial charge is 0.388 e. The van der Waals surface area contributed by atoms with Crippen LogP contribution in [-0.2, 0) is 4.74 Å². The number of aliphatic hydroxyl groups is 2. The molecule has 0 aromatic rings. The lowest BCUT2D eigenvalue weighted by molar-refractivity contribution is -0.163. The Kier molecular flexibility index (Phi) is 4.10. The van der Waals surface area contributed by atoms with E-state index in [2.05, 4.69) is 4.99 Å². The molecule has 0 aromatic heterocycles. The lowest BCUT2D eigenvalue weighted by Gasteiger charge is -2.38. The zero-order valence-corrected chi connectivity index (χ0v) is 10.8. The monoisotopic (exact) mass is 282 g/mol. The molecule has 5 atom stereocenters. The van der Waals surface area contributed by atoms with Crippen LogP contribution < -0.4 is 0 Å². The number of fused-ring (bicyclic) bond motifs is 1. The van der Waals surface area contributed by atoms with E-state index in [1.54, 1.807) is 19.0 Å². The molecular formula is C10H16F2N2O3S. The molecule has 0 amide bonds. The molecule has 18 heavy (non-hydrogen) atoms. The van der Waals surface area contributed by atoms with Crippen molar-refractivity contribution in [3.8, 4) is 0 Å². The lowest BCUT2D eigenvalue weighted by atomic mass is 9.96. The van der Waals surface area contributed by atoms with E-state index in [1.165, 1.54) is 11.8 Å². The molecule has 1 unspecified atom stereocenters. The van der Waals surface area contributed by atoms with Gasteiger partial charge in [-0.25, -0.2) is 8.78 Å². The number of halogens is 2. The highest BCUT2D eigenvalue weighted by Crippen LogP contribution is 2.38. The third-order valence-corrected chi connectivity index (χ3v) is 4.25. The molecule has 104 valence electrons. The summed E-state index contributed by atoms with van der Waals surface area (Å²) < 4.78 is 30.1. The summed E-state index contributed by atoms with van der Waals surface area (Å²) >= 11 is 1.28. The summed E-state index contributed by atoms with van der Waals surface area (Å²) in [6.07, 6.45) is -6.71. The molecule has 0 bridgehead atoms. The van der Waals surface area contributed by atoms with E-state index in [1.807, 2.05) is 0 Å². The van der Waals surface area contributed by atoms with Crippen molar-refractivity contribution in [1.29, 1.82) is 0 Å². The van der Waals surface area contributed by atoms with Gasteiger partial charge in [0.15, 0.2) is 5.17 Å². The maximum absolute atomic E-state index is 12.4. The second-order valence-electron chi connectivity index (χ2n) is 4.57. The lowest BCUT2D eigenvalue weighted by Crippen LogP contribution is -2.55. The van der Waals surface area contributed by atoms with Crippen molar-refractivity contribution >= 4 is 16.9 Å². The molecule has 2 N–H and O–H groups in total. The highest BCUT2D eigenvalue weighted by Gasteiger charge is 2.48. The summed E-state index contributed by atoms with van der Waals surface area (Å²) in [7, 11) is 3.59. The number of hydrogen-bond donors (Lipinski definition) is 2. The maximum atomic E-state index is 12.4. The molecule has 1 fully saturated rings. The summed E-state index contributed by atoms with van der Waals surface area (Å²) in [5.74, 6) is 0. The predicted molar refractivity (Wildman–Crippen MR) is 63.8 cm³/mol. The van der Waals surface area contributed by atoms with Crippen LogP contribution in [0.5, 0.6) is 0 Å². The quantitative estimate of drug-likeness (QED) is 0.753. The van der Waals surface area contributed by atoms with Crippen LogP contribution in [0.1, 0.15) is 6.42 Å². The average Bonchev–Trinajstić information content (AvgIpc) is 2.69. The molecule has 2 rings (SSSR count). The van der Waals surface area contributed by atoms with Crippen molar-refractivity contribution in [2.45, 2.75) is 42.6 Å². The Morgan fingerprint density at radius 1 is 1.39 bits per heavy atom. The van der Waals surface area contributed by atoms with Crippen molar-refractivity contribution in [1.82, 2.24) is 4.90 Å². The molecule has 1 saturated heterocycles. The Bertz CT molecular complexity index is 343. The fraction of sp³-hybridized carbons (Fsp3) is 0.900. The number of amidine groups is 1. The normalized spacial score (nSPS) is 39.7. The first kappa shape index (κ1) is 14.0. The van der Waals surface area contributed by atoms with Crippen LogP contribution in [0.25, 0.3) is 0 Å². The Balaban J connectivity index is 2.09. The Morgan fingerprint density at radius 2 is 2.06 bits per heavy atom. The van der Waals surface area contributed by atoms with Gasteiger partial charge in [0.2, 0.25) is 6.43 Å². The van der Waals surface area contributed by atoms with E-state index < -0.39 is 42.6 Å². The SMILES string of the molecule is CN(C)C1=N[C@@H]2[C@@H](O)[C@H](O)C(CC(F)F)O[C@@H]2S1. The third kappa shape index (κ3) is 2.61. The van der Waals surface area contributed by atoms with Crippen LogP contribution in [0.4, 0.5) is 8.78 Å². The number of rotatable bonds is 2. The number of ether oxygens (including phenoxy) is 1. The Labute approximate surface area is 108 Å². The van der Waals surface area contributed by atoms with E-state index >= 15 is 0 Å². The van der Waals surface area contributed by atoms with Gasteiger partial charge in [0, 0.05) is 20.5 Å². The third-order valence-electron chi connectivity index (χ3n) is 2.94. The van der Waals surface area contributed by atoms with Gasteiger partial charge in [-0.15, -0.1) is 0 Å². The van der Waals surface area contributed by atoms with Gasteiger partial charge in [0.05, 0.1) is 6.10 Å². The molecule has 0 aromatic carbocycles. The van der Waals surface area contributed by atoms with E-state index in [0.717, 1.165) is 0 Å². The van der Waals surface area contributed by atoms with Crippen molar-refractivity contribution < 1.29 is 23.7 Å². The van der Waals surface area contributed by atoms with Crippen LogP contribution in [0, 0.1) is 0 Å². The molecule has 0 spiro atoms. The Hall–Kier alpha value is -0.440. The van der Waals surface area contributed by atoms with Crippen molar-refractivity contribution in [3.05, 3.63) is 0 Å². The Morgan fingerprint density at radius 3 is 2.61 bits per heavy atom. The predicted octanol–water partition coefficient (Wildman–Crippen LogP) is 0.121. The number of nitrogens with zero attached hydrogens (tertiary/aromatic N) is 2. The number of thioether (sulfide) groups is 1. The van der Waals surface area contributed by atoms with Crippen molar-refractivity contribution in [2.75, 3.05) is 14.1 Å². The first-order valence-corrected chi connectivity index (χ1v) is 6.49. The number of hydrogen-bond acceptors (Lipinski definition) is 6. The van der Waals surface area contributed by atoms with Crippen molar-refractivity contribution in [3.63, 3.8) is 0 Å². The molecule has 0 aliphatic carbocycles. The number of aliphatic imine (C=N–C) groups is 1. The summed E-state index contributed by atoms with van der Waals surface area (Å²) in [5.41, 5.74) is -0.510. The first-order valence-electron chi connectivity index (χ1n) is 5.61. The smallest absolute Gasteiger partial charge is 0.241 e. The van der Waals surface area contributed by atoms with Crippen LogP contribution in [0.15, 0.2) is 4.99 Å². The minimum absolute atomic E-state index is 0.510. The maximum Gasteiger partial charge on any atom is 0.241 e. The van der Waals surface area contributed by atoms with Crippen LogP contribution in [0.3, 0.4) is 0 Å². The first-order chi connectivity index (χ1) is 8.40. The number of aliphatic hydroxyl groups excluding tert-OH is 2. The van der Waals surface area contributed by atoms with E-state index in [4.69, 9.17) is 4.74 Å². The fourth-order valence-corrected chi connectivity index (χ4v) is 3.16. The molecule has 5 nitrogen and oxygen atoms in total. The summed E-state index contributed by atoms with van der Waals surface area (Å²) in [6, 6.07) is -0.601. The van der Waals surface area contributed by atoms with Crippen molar-refractivity contribution in [2.24, 2.45) is 4.99 Å². The van der Waals surface area contributed by atoms with E-state index in [-0.39, 0.29) is 0 Å². The zero-order chi connectivity index (χ0) is 13.4. The second-order valence-corrected chi connectivity index (χ2v) is 5.63. The number of alkyl halides is 2. The van der Waals surface area contributed by atoms with Gasteiger partial charge in [0.25, 0.3) is 0 Å². The van der Waals surface area contributed by atoms with Gasteiger partial charge in [-0.3, -0.25) is 4.99 Å². The van der Waals surface area contributed by atoms with Crippen LogP contribution >= 0.6 is 11.8 Å². The molecule has 2 aliphatic heterocycles. The van der Waals surface area contributed by atoms with Gasteiger partial charge in [-0.05, 0) is 0 Å².